The molecule has 2 rings (SSSR count). The monoisotopic (exact) mass is 237 g/mol. The first-order valence-electron chi connectivity index (χ1n) is 4.53. The Morgan fingerprint density at radius 1 is 1.47 bits per heavy atom. The van der Waals surface area contributed by atoms with Gasteiger partial charge in [0.2, 0.25) is 0 Å². The third kappa shape index (κ3) is 2.56. The Hall–Kier alpha value is -0.910. The summed E-state index contributed by atoms with van der Waals surface area (Å²) in [6, 6.07) is 6.27. The first-order chi connectivity index (χ1) is 7.29. The number of hydrogen-bond acceptors (Lipinski definition) is 5. The van der Waals surface area contributed by atoms with Crippen molar-refractivity contribution >= 4 is 23.1 Å². The molecule has 0 unspecified atom stereocenters. The number of nitrogens with zero attached hydrogens (tertiary/aromatic N) is 2. The average molecular weight is 237 g/mol. The predicted octanol–water partition coefficient (Wildman–Crippen LogP) is 2.46. The smallest absolute Gasteiger partial charge is 0.178 e. The molecule has 2 N–H and O–H groups in total. The lowest BCUT2D eigenvalue weighted by atomic mass is 10.1. The summed E-state index contributed by atoms with van der Waals surface area (Å²) in [5.41, 5.74) is 9.77. The molecule has 0 fully saturated rings. The largest absolute Gasteiger partial charge is 0.326 e. The van der Waals surface area contributed by atoms with Gasteiger partial charge in [0, 0.05) is 11.4 Å². The Labute approximate surface area is 96.7 Å². The second-order valence-electron chi connectivity index (χ2n) is 3.10. The van der Waals surface area contributed by atoms with E-state index < -0.39 is 0 Å². The zero-order chi connectivity index (χ0) is 10.7. The average Bonchev–Trinajstić information content (AvgIpc) is 2.71. The molecule has 0 saturated heterocycles. The molecular weight excluding hydrogens is 226 g/mol. The molecule has 5 heteroatoms. The second-order valence-corrected chi connectivity index (χ2v) is 5.25. The highest BCUT2D eigenvalue weighted by Gasteiger charge is 2.02. The predicted molar refractivity (Wildman–Crippen MR) is 63.1 cm³/mol. The topological polar surface area (TPSA) is 51.8 Å². The van der Waals surface area contributed by atoms with E-state index in [9.17, 15) is 0 Å². The van der Waals surface area contributed by atoms with Crippen molar-refractivity contribution in [2.45, 2.75) is 22.7 Å². The third-order valence-corrected chi connectivity index (χ3v) is 3.85. The first-order valence-corrected chi connectivity index (χ1v) is 6.23. The highest BCUT2D eigenvalue weighted by Crippen LogP contribution is 2.29. The van der Waals surface area contributed by atoms with Crippen molar-refractivity contribution in [3.63, 3.8) is 0 Å². The van der Waals surface area contributed by atoms with Crippen molar-refractivity contribution in [3.8, 4) is 0 Å². The van der Waals surface area contributed by atoms with Gasteiger partial charge in [0.05, 0.1) is 0 Å². The van der Waals surface area contributed by atoms with Gasteiger partial charge in [-0.3, -0.25) is 0 Å². The minimum Gasteiger partial charge on any atom is -0.326 e. The van der Waals surface area contributed by atoms with Crippen LogP contribution in [0.5, 0.6) is 0 Å². The molecule has 0 amide bonds. The Kier molecular flexibility index (Phi) is 3.35. The Balaban J connectivity index is 2.20. The maximum atomic E-state index is 5.61. The van der Waals surface area contributed by atoms with E-state index in [1.54, 1.807) is 28.6 Å². The normalized spacial score (nSPS) is 10.5. The molecule has 0 spiro atoms. The highest BCUT2D eigenvalue weighted by molar-refractivity contribution is 8.01. The fourth-order valence-corrected chi connectivity index (χ4v) is 2.82. The van der Waals surface area contributed by atoms with E-state index in [-0.39, 0.29) is 0 Å². The molecule has 0 aliphatic rings. The van der Waals surface area contributed by atoms with Gasteiger partial charge in [-0.05, 0) is 30.2 Å². The molecule has 78 valence electrons. The Morgan fingerprint density at radius 2 is 2.33 bits per heavy atom. The Morgan fingerprint density at radius 3 is 2.93 bits per heavy atom. The van der Waals surface area contributed by atoms with Crippen molar-refractivity contribution in [2.75, 3.05) is 0 Å². The van der Waals surface area contributed by atoms with Crippen molar-refractivity contribution in [1.82, 2.24) is 10.2 Å². The maximum absolute atomic E-state index is 5.61. The van der Waals surface area contributed by atoms with Gasteiger partial charge in [0.1, 0.15) is 5.51 Å². The van der Waals surface area contributed by atoms with Crippen molar-refractivity contribution in [3.05, 3.63) is 34.8 Å². The van der Waals surface area contributed by atoms with Gasteiger partial charge < -0.3 is 5.73 Å². The number of aromatic nitrogens is 2. The molecule has 3 nitrogen and oxygen atoms in total. The number of hydrogen-bond donors (Lipinski definition) is 1. The molecule has 0 atom stereocenters. The van der Waals surface area contributed by atoms with Crippen LogP contribution in [-0.2, 0) is 6.54 Å². The quantitative estimate of drug-likeness (QED) is 0.891. The summed E-state index contributed by atoms with van der Waals surface area (Å²) in [4.78, 5) is 1.18. The molecule has 0 bridgehead atoms. The van der Waals surface area contributed by atoms with E-state index in [0.717, 1.165) is 4.34 Å². The molecular formula is C10H11N3S2. The second kappa shape index (κ2) is 4.74. The van der Waals surface area contributed by atoms with Crippen LogP contribution >= 0.6 is 23.1 Å². The molecule has 1 aromatic carbocycles. The van der Waals surface area contributed by atoms with E-state index in [1.807, 2.05) is 0 Å². The van der Waals surface area contributed by atoms with Gasteiger partial charge in [0.15, 0.2) is 4.34 Å². The van der Waals surface area contributed by atoms with Crippen LogP contribution in [0.15, 0.2) is 32.9 Å². The van der Waals surface area contributed by atoms with Crippen LogP contribution in [0.2, 0.25) is 0 Å². The molecule has 2 aromatic rings. The SMILES string of the molecule is Cc1cc(Sc2nncs2)ccc1CN. The fourth-order valence-electron chi connectivity index (χ4n) is 1.27. The van der Waals surface area contributed by atoms with Crippen molar-refractivity contribution in [1.29, 1.82) is 0 Å². The molecule has 1 aromatic heterocycles. The van der Waals surface area contributed by atoms with Gasteiger partial charge in [-0.15, -0.1) is 10.2 Å². The zero-order valence-electron chi connectivity index (χ0n) is 8.30. The van der Waals surface area contributed by atoms with Crippen LogP contribution < -0.4 is 5.73 Å². The van der Waals surface area contributed by atoms with Crippen LogP contribution in [0, 0.1) is 6.92 Å². The molecule has 0 aliphatic heterocycles. The van der Waals surface area contributed by atoms with E-state index >= 15 is 0 Å². The molecule has 1 heterocycles. The molecule has 0 aliphatic carbocycles. The van der Waals surface area contributed by atoms with Gasteiger partial charge in [-0.1, -0.05) is 29.2 Å². The van der Waals surface area contributed by atoms with Gasteiger partial charge in [0.25, 0.3) is 0 Å². The number of rotatable bonds is 3. The maximum Gasteiger partial charge on any atom is 0.178 e. The lowest BCUT2D eigenvalue weighted by Crippen LogP contribution is -1.98. The third-order valence-electron chi connectivity index (χ3n) is 2.08. The summed E-state index contributed by atoms with van der Waals surface area (Å²) in [6.07, 6.45) is 0. The lowest BCUT2D eigenvalue weighted by Gasteiger charge is -2.04. The van der Waals surface area contributed by atoms with Crippen LogP contribution in [0.25, 0.3) is 0 Å². The standard InChI is InChI=1S/C10H11N3S2/c1-7-4-9(3-2-8(7)5-11)15-10-13-12-6-14-10/h2-4,6H,5,11H2,1H3. The summed E-state index contributed by atoms with van der Waals surface area (Å²) in [6.45, 7) is 2.67. The highest BCUT2D eigenvalue weighted by atomic mass is 32.2. The van der Waals surface area contributed by atoms with Crippen LogP contribution in [0.1, 0.15) is 11.1 Å². The van der Waals surface area contributed by atoms with E-state index in [2.05, 4.69) is 35.3 Å². The van der Waals surface area contributed by atoms with Crippen LogP contribution in [-0.4, -0.2) is 10.2 Å². The number of benzene rings is 1. The van der Waals surface area contributed by atoms with E-state index in [1.165, 1.54) is 16.0 Å². The van der Waals surface area contributed by atoms with Crippen molar-refractivity contribution in [2.24, 2.45) is 5.73 Å². The zero-order valence-corrected chi connectivity index (χ0v) is 9.94. The van der Waals surface area contributed by atoms with Crippen molar-refractivity contribution < 1.29 is 0 Å². The number of aryl methyl sites for hydroxylation is 1. The minimum absolute atomic E-state index is 0.593. The summed E-state index contributed by atoms with van der Waals surface area (Å²) in [7, 11) is 0. The summed E-state index contributed by atoms with van der Waals surface area (Å²) in [5.74, 6) is 0. The van der Waals surface area contributed by atoms with Crippen LogP contribution in [0.3, 0.4) is 0 Å². The van der Waals surface area contributed by atoms with Gasteiger partial charge in [-0.2, -0.15) is 0 Å². The lowest BCUT2D eigenvalue weighted by molar-refractivity contribution is 1.01. The Bertz CT molecular complexity index is 440. The molecule has 0 radical (unpaired) electrons. The van der Waals surface area contributed by atoms with Gasteiger partial charge >= 0.3 is 0 Å². The summed E-state index contributed by atoms with van der Waals surface area (Å²) < 4.78 is 0.967. The molecule has 15 heavy (non-hydrogen) atoms. The summed E-state index contributed by atoms with van der Waals surface area (Å²) in [5, 5.41) is 7.79. The number of nitrogens with two attached hydrogens (primary N) is 1. The fraction of sp³-hybridized carbons (Fsp3) is 0.200. The van der Waals surface area contributed by atoms with Gasteiger partial charge in [-0.25, -0.2) is 0 Å². The van der Waals surface area contributed by atoms with Crippen LogP contribution in [0.4, 0.5) is 0 Å². The first kappa shape index (κ1) is 10.6. The van der Waals surface area contributed by atoms with E-state index in [4.69, 9.17) is 5.73 Å². The summed E-state index contributed by atoms with van der Waals surface area (Å²) >= 11 is 3.18. The van der Waals surface area contributed by atoms with E-state index in [0.29, 0.717) is 6.54 Å². The minimum atomic E-state index is 0.593. The molecule has 0 saturated carbocycles.